The van der Waals surface area contributed by atoms with Gasteiger partial charge in [-0.2, -0.15) is 0 Å². The van der Waals surface area contributed by atoms with E-state index in [0.29, 0.717) is 0 Å². The van der Waals surface area contributed by atoms with Crippen LogP contribution in [0.25, 0.3) is 0 Å². The predicted octanol–water partition coefficient (Wildman–Crippen LogP) is 2.64. The van der Waals surface area contributed by atoms with Crippen LogP contribution in [0, 0.1) is 0 Å². The molecule has 0 unspecified atom stereocenters. The van der Waals surface area contributed by atoms with Crippen LogP contribution in [0.2, 0.25) is 0 Å². The van der Waals surface area contributed by atoms with Crippen LogP contribution in [0.3, 0.4) is 0 Å². The maximum absolute atomic E-state index is 3.93. The largest absolute Gasteiger partial charge is 0.376 e. The fourth-order valence-corrected chi connectivity index (χ4v) is 1.17. The van der Waals surface area contributed by atoms with Gasteiger partial charge in [-0.15, -0.1) is 0 Å². The Hall–Kier alpha value is -0.460. The summed E-state index contributed by atoms with van der Waals surface area (Å²) < 4.78 is 0. The first kappa shape index (κ1) is 9.54. The van der Waals surface area contributed by atoms with E-state index in [4.69, 9.17) is 0 Å². The standard InChI is InChI=1S/C7H13N.C2H6/c1-3-8-6-4-5-7(8)2;1-2/h2-6H2,1H3;1-2H3. The van der Waals surface area contributed by atoms with E-state index in [1.54, 1.807) is 0 Å². The number of hydrogen-bond acceptors (Lipinski definition) is 1. The molecule has 0 saturated carbocycles. The molecule has 10 heavy (non-hydrogen) atoms. The van der Waals surface area contributed by atoms with Gasteiger partial charge in [0.05, 0.1) is 0 Å². The molecule has 0 aromatic heterocycles. The molecule has 0 aliphatic carbocycles. The third-order valence-electron chi connectivity index (χ3n) is 1.72. The van der Waals surface area contributed by atoms with Crippen molar-refractivity contribution >= 4 is 0 Å². The average Bonchev–Trinajstić information content (AvgIpc) is 2.39. The first-order valence-electron chi connectivity index (χ1n) is 4.27. The van der Waals surface area contributed by atoms with Gasteiger partial charge in [-0.25, -0.2) is 0 Å². The van der Waals surface area contributed by atoms with Gasteiger partial charge in [-0.05, 0) is 19.8 Å². The lowest BCUT2D eigenvalue weighted by molar-refractivity contribution is 0.417. The quantitative estimate of drug-likeness (QED) is 0.542. The molecule has 1 heterocycles. The highest BCUT2D eigenvalue weighted by Crippen LogP contribution is 2.17. The topological polar surface area (TPSA) is 3.24 Å². The second-order valence-electron chi connectivity index (χ2n) is 2.25. The molecular formula is C9H19N. The highest BCUT2D eigenvalue weighted by Gasteiger charge is 2.10. The number of hydrogen-bond donors (Lipinski definition) is 0. The average molecular weight is 141 g/mol. The van der Waals surface area contributed by atoms with Crippen molar-refractivity contribution in [2.45, 2.75) is 33.6 Å². The van der Waals surface area contributed by atoms with Gasteiger partial charge in [0.25, 0.3) is 0 Å². The van der Waals surface area contributed by atoms with E-state index in [2.05, 4.69) is 18.4 Å². The van der Waals surface area contributed by atoms with Crippen LogP contribution in [0.1, 0.15) is 33.6 Å². The van der Waals surface area contributed by atoms with Crippen molar-refractivity contribution < 1.29 is 0 Å². The van der Waals surface area contributed by atoms with Crippen LogP contribution in [0.15, 0.2) is 12.3 Å². The van der Waals surface area contributed by atoms with Gasteiger partial charge in [-0.3, -0.25) is 0 Å². The van der Waals surface area contributed by atoms with Gasteiger partial charge in [-0.1, -0.05) is 20.4 Å². The first-order chi connectivity index (χ1) is 4.84. The maximum atomic E-state index is 3.93. The van der Waals surface area contributed by atoms with Crippen molar-refractivity contribution in [3.05, 3.63) is 12.3 Å². The van der Waals surface area contributed by atoms with Crippen molar-refractivity contribution in [3.63, 3.8) is 0 Å². The van der Waals surface area contributed by atoms with Gasteiger partial charge < -0.3 is 4.90 Å². The van der Waals surface area contributed by atoms with Crippen molar-refractivity contribution in [3.8, 4) is 0 Å². The van der Waals surface area contributed by atoms with E-state index in [0.717, 1.165) is 6.54 Å². The predicted molar refractivity (Wildman–Crippen MR) is 47.0 cm³/mol. The normalized spacial score (nSPS) is 16.7. The zero-order valence-electron chi connectivity index (χ0n) is 7.48. The van der Waals surface area contributed by atoms with E-state index in [1.807, 2.05) is 13.8 Å². The summed E-state index contributed by atoms with van der Waals surface area (Å²) in [5.41, 5.74) is 1.33. The molecule has 1 fully saturated rings. The number of likely N-dealkylation sites (tertiary alicyclic amines) is 1. The molecule has 0 radical (unpaired) electrons. The molecule has 1 saturated heterocycles. The monoisotopic (exact) mass is 141 g/mol. The molecule has 0 atom stereocenters. The summed E-state index contributed by atoms with van der Waals surface area (Å²) >= 11 is 0. The number of allylic oxidation sites excluding steroid dienone is 1. The second-order valence-corrected chi connectivity index (χ2v) is 2.25. The van der Waals surface area contributed by atoms with Crippen molar-refractivity contribution in [1.29, 1.82) is 0 Å². The van der Waals surface area contributed by atoms with Gasteiger partial charge in [0.1, 0.15) is 0 Å². The molecular weight excluding hydrogens is 122 g/mol. The van der Waals surface area contributed by atoms with E-state index in [-0.39, 0.29) is 0 Å². The fraction of sp³-hybridized carbons (Fsp3) is 0.778. The molecule has 0 aromatic carbocycles. The molecule has 1 rings (SSSR count). The molecule has 1 nitrogen and oxygen atoms in total. The Kier molecular flexibility index (Phi) is 5.09. The lowest BCUT2D eigenvalue weighted by Gasteiger charge is -2.14. The van der Waals surface area contributed by atoms with Crippen LogP contribution < -0.4 is 0 Å². The first-order valence-corrected chi connectivity index (χ1v) is 4.27. The fourth-order valence-electron chi connectivity index (χ4n) is 1.17. The Morgan fingerprint density at radius 2 is 2.10 bits per heavy atom. The summed E-state index contributed by atoms with van der Waals surface area (Å²) in [6, 6.07) is 0. The minimum atomic E-state index is 1.14. The summed E-state index contributed by atoms with van der Waals surface area (Å²) in [4.78, 5) is 2.33. The molecule has 0 spiro atoms. The molecule has 1 heteroatoms. The Bertz CT molecular complexity index is 96.9. The van der Waals surface area contributed by atoms with E-state index in [1.165, 1.54) is 25.1 Å². The summed E-state index contributed by atoms with van der Waals surface area (Å²) in [5.74, 6) is 0. The third-order valence-corrected chi connectivity index (χ3v) is 1.72. The van der Waals surface area contributed by atoms with Crippen molar-refractivity contribution in [1.82, 2.24) is 4.90 Å². The number of nitrogens with zero attached hydrogens (tertiary/aromatic N) is 1. The van der Waals surface area contributed by atoms with Gasteiger partial charge in [0.2, 0.25) is 0 Å². The maximum Gasteiger partial charge on any atom is 0.0178 e. The van der Waals surface area contributed by atoms with Crippen LogP contribution in [-0.2, 0) is 0 Å². The van der Waals surface area contributed by atoms with Crippen LogP contribution in [-0.4, -0.2) is 18.0 Å². The van der Waals surface area contributed by atoms with Gasteiger partial charge in [0, 0.05) is 18.8 Å². The van der Waals surface area contributed by atoms with Gasteiger partial charge in [0.15, 0.2) is 0 Å². The molecule has 0 amide bonds. The minimum Gasteiger partial charge on any atom is -0.376 e. The van der Waals surface area contributed by atoms with Crippen LogP contribution in [0.5, 0.6) is 0 Å². The Balaban J connectivity index is 0.000000371. The van der Waals surface area contributed by atoms with Crippen LogP contribution >= 0.6 is 0 Å². The molecule has 60 valence electrons. The van der Waals surface area contributed by atoms with E-state index >= 15 is 0 Å². The van der Waals surface area contributed by atoms with Gasteiger partial charge >= 0.3 is 0 Å². The van der Waals surface area contributed by atoms with Crippen LogP contribution in [0.4, 0.5) is 0 Å². The zero-order valence-corrected chi connectivity index (χ0v) is 7.48. The SMILES string of the molecule is C=C1CCCN1CC.CC. The molecule has 1 aliphatic rings. The molecule has 0 bridgehead atoms. The second kappa shape index (κ2) is 5.33. The van der Waals surface area contributed by atoms with E-state index < -0.39 is 0 Å². The minimum absolute atomic E-state index is 1.14. The Labute approximate surface area is 64.7 Å². The summed E-state index contributed by atoms with van der Waals surface area (Å²) in [7, 11) is 0. The lowest BCUT2D eigenvalue weighted by atomic mass is 10.3. The molecule has 1 aliphatic heterocycles. The Morgan fingerprint density at radius 3 is 2.30 bits per heavy atom. The van der Waals surface area contributed by atoms with Crippen molar-refractivity contribution in [2.24, 2.45) is 0 Å². The lowest BCUT2D eigenvalue weighted by Crippen LogP contribution is -2.15. The van der Waals surface area contributed by atoms with Crippen molar-refractivity contribution in [2.75, 3.05) is 13.1 Å². The highest BCUT2D eigenvalue weighted by atomic mass is 15.1. The summed E-state index contributed by atoms with van der Waals surface area (Å²) in [6.45, 7) is 12.5. The summed E-state index contributed by atoms with van der Waals surface area (Å²) in [6.07, 6.45) is 2.53. The Morgan fingerprint density at radius 1 is 1.50 bits per heavy atom. The third kappa shape index (κ3) is 2.42. The summed E-state index contributed by atoms with van der Waals surface area (Å²) in [5, 5.41) is 0. The smallest absolute Gasteiger partial charge is 0.0178 e. The highest BCUT2D eigenvalue weighted by molar-refractivity contribution is 4.98. The molecule has 0 aromatic rings. The molecule has 0 N–H and O–H groups in total. The number of rotatable bonds is 1. The zero-order chi connectivity index (χ0) is 7.98. The van der Waals surface area contributed by atoms with E-state index in [9.17, 15) is 0 Å².